The predicted molar refractivity (Wildman–Crippen MR) is 124 cm³/mol. The number of Topliss-reactive ketones (excluding diaryl/α,β-unsaturated/α-hetero) is 1. The van der Waals surface area contributed by atoms with E-state index in [0.29, 0.717) is 35.4 Å². The lowest BCUT2D eigenvalue weighted by atomic mass is 10.1. The molecule has 0 fully saturated rings. The van der Waals surface area contributed by atoms with E-state index in [1.807, 2.05) is 12.1 Å². The predicted octanol–water partition coefficient (Wildman–Crippen LogP) is 5.40. The summed E-state index contributed by atoms with van der Waals surface area (Å²) in [5.74, 6) is -0.0891. The molecule has 0 aliphatic heterocycles. The summed E-state index contributed by atoms with van der Waals surface area (Å²) in [7, 11) is 0. The van der Waals surface area contributed by atoms with Gasteiger partial charge in [-0.3, -0.25) is 9.59 Å². The molecule has 0 atom stereocenters. The van der Waals surface area contributed by atoms with Gasteiger partial charge in [-0.15, -0.1) is 0 Å². The van der Waals surface area contributed by atoms with Crippen molar-refractivity contribution in [2.24, 2.45) is 0 Å². The van der Waals surface area contributed by atoms with Crippen molar-refractivity contribution < 1.29 is 19.1 Å². The number of allylic oxidation sites excluding steroid dienone is 2. The molecule has 0 saturated heterocycles. The second kappa shape index (κ2) is 11.5. The van der Waals surface area contributed by atoms with Crippen molar-refractivity contribution in [1.29, 1.82) is 0 Å². The van der Waals surface area contributed by atoms with Gasteiger partial charge in [0.05, 0.1) is 0 Å². The van der Waals surface area contributed by atoms with Gasteiger partial charge >= 0.3 is 5.97 Å². The molecule has 0 aromatic heterocycles. The molecular formula is C26H27NO4. The van der Waals surface area contributed by atoms with E-state index in [-0.39, 0.29) is 11.6 Å². The molecule has 1 N–H and O–H groups in total. The van der Waals surface area contributed by atoms with Crippen LogP contribution in [0.25, 0.3) is 6.08 Å². The van der Waals surface area contributed by atoms with Crippen LogP contribution in [0, 0.1) is 0 Å². The van der Waals surface area contributed by atoms with Gasteiger partial charge in [0.15, 0.2) is 11.6 Å². The normalized spacial score (nSPS) is 10.5. The Morgan fingerprint density at radius 3 is 2.16 bits per heavy atom. The standard InChI is InChI=1S/C26H27NO4/c1-18(2)24(28)6-5-17-27-22-12-10-21(11-13-22)25(29)16-9-20-7-14-23(15-8-20)31-26(30)19(3)4/h7-16,27H,1,3,5-6,17H2,2,4H3/b16-9+. The van der Waals surface area contributed by atoms with Crippen molar-refractivity contribution >= 4 is 29.3 Å². The van der Waals surface area contributed by atoms with Crippen LogP contribution in [0.5, 0.6) is 5.75 Å². The van der Waals surface area contributed by atoms with Crippen molar-refractivity contribution in [2.45, 2.75) is 26.7 Å². The number of carbonyl (C=O) groups excluding carboxylic acids is 3. The van der Waals surface area contributed by atoms with Gasteiger partial charge < -0.3 is 10.1 Å². The van der Waals surface area contributed by atoms with Crippen LogP contribution in [0.4, 0.5) is 5.69 Å². The van der Waals surface area contributed by atoms with E-state index >= 15 is 0 Å². The summed E-state index contributed by atoms with van der Waals surface area (Å²) in [6.45, 7) is 11.2. The quantitative estimate of drug-likeness (QED) is 0.174. The Labute approximate surface area is 183 Å². The number of ether oxygens (including phenoxy) is 1. The smallest absolute Gasteiger partial charge is 0.338 e. The maximum absolute atomic E-state index is 12.4. The highest BCUT2D eigenvalue weighted by molar-refractivity contribution is 6.07. The molecule has 0 radical (unpaired) electrons. The van der Waals surface area contributed by atoms with Crippen molar-refractivity contribution in [3.63, 3.8) is 0 Å². The van der Waals surface area contributed by atoms with E-state index in [4.69, 9.17) is 4.74 Å². The van der Waals surface area contributed by atoms with Gasteiger partial charge in [0.2, 0.25) is 0 Å². The SMILES string of the molecule is C=C(C)C(=O)CCCNc1ccc(C(=O)/C=C/c2ccc(OC(=O)C(=C)C)cc2)cc1. The van der Waals surface area contributed by atoms with E-state index < -0.39 is 5.97 Å². The molecule has 0 bridgehead atoms. The largest absolute Gasteiger partial charge is 0.423 e. The Balaban J connectivity index is 1.85. The highest BCUT2D eigenvalue weighted by Gasteiger charge is 2.06. The first-order valence-corrected chi connectivity index (χ1v) is 9.99. The summed E-state index contributed by atoms with van der Waals surface area (Å²) >= 11 is 0. The fraction of sp³-hybridized carbons (Fsp3) is 0.192. The van der Waals surface area contributed by atoms with Crippen molar-refractivity contribution in [2.75, 3.05) is 11.9 Å². The van der Waals surface area contributed by atoms with Crippen LogP contribution in [0.3, 0.4) is 0 Å². The number of nitrogens with one attached hydrogen (secondary N) is 1. The zero-order valence-electron chi connectivity index (χ0n) is 17.9. The summed E-state index contributed by atoms with van der Waals surface area (Å²) in [4.78, 5) is 35.4. The van der Waals surface area contributed by atoms with Crippen molar-refractivity contribution in [3.05, 3.63) is 90.0 Å². The third kappa shape index (κ3) is 7.90. The minimum absolute atomic E-state index is 0.0806. The number of rotatable bonds is 11. The highest BCUT2D eigenvalue weighted by Crippen LogP contribution is 2.16. The summed E-state index contributed by atoms with van der Waals surface area (Å²) in [5.41, 5.74) is 3.19. The first-order valence-electron chi connectivity index (χ1n) is 9.99. The Bertz CT molecular complexity index is 999. The lowest BCUT2D eigenvalue weighted by molar-refractivity contribution is -0.130. The topological polar surface area (TPSA) is 72.5 Å². The molecule has 160 valence electrons. The van der Waals surface area contributed by atoms with Gasteiger partial charge in [0.25, 0.3) is 0 Å². The first kappa shape index (κ1) is 23.5. The molecule has 0 heterocycles. The molecule has 2 aromatic rings. The highest BCUT2D eigenvalue weighted by atomic mass is 16.5. The lowest BCUT2D eigenvalue weighted by Gasteiger charge is -2.06. The van der Waals surface area contributed by atoms with Gasteiger partial charge in [-0.05, 0) is 73.9 Å². The number of hydrogen-bond donors (Lipinski definition) is 1. The molecule has 5 nitrogen and oxygen atoms in total. The van der Waals surface area contributed by atoms with Gasteiger partial charge in [-0.1, -0.05) is 31.4 Å². The minimum atomic E-state index is -0.475. The first-order chi connectivity index (χ1) is 14.8. The zero-order chi connectivity index (χ0) is 22.8. The maximum Gasteiger partial charge on any atom is 0.338 e. The maximum atomic E-state index is 12.4. The van der Waals surface area contributed by atoms with E-state index in [2.05, 4.69) is 18.5 Å². The molecule has 0 spiro atoms. The number of ketones is 2. The summed E-state index contributed by atoms with van der Waals surface area (Å²) < 4.78 is 5.14. The Morgan fingerprint density at radius 2 is 1.58 bits per heavy atom. The molecular weight excluding hydrogens is 390 g/mol. The fourth-order valence-electron chi connectivity index (χ4n) is 2.56. The van der Waals surface area contributed by atoms with Gasteiger partial charge in [0, 0.05) is 29.8 Å². The van der Waals surface area contributed by atoms with Gasteiger partial charge in [0.1, 0.15) is 5.75 Å². The van der Waals surface area contributed by atoms with Crippen LogP contribution in [0.1, 0.15) is 42.6 Å². The molecule has 5 heteroatoms. The van der Waals surface area contributed by atoms with Crippen molar-refractivity contribution in [3.8, 4) is 5.75 Å². The van der Waals surface area contributed by atoms with Crippen LogP contribution in [-0.2, 0) is 9.59 Å². The Kier molecular flexibility index (Phi) is 8.70. The lowest BCUT2D eigenvalue weighted by Crippen LogP contribution is -2.07. The second-order valence-electron chi connectivity index (χ2n) is 7.25. The molecule has 0 unspecified atom stereocenters. The van der Waals surface area contributed by atoms with Gasteiger partial charge in [-0.2, -0.15) is 0 Å². The third-order valence-corrected chi connectivity index (χ3v) is 4.42. The average molecular weight is 418 g/mol. The minimum Gasteiger partial charge on any atom is -0.423 e. The third-order valence-electron chi connectivity index (χ3n) is 4.42. The summed E-state index contributed by atoms with van der Waals surface area (Å²) in [6.07, 6.45) is 4.40. The number of hydrogen-bond acceptors (Lipinski definition) is 5. The number of benzene rings is 2. The molecule has 2 aromatic carbocycles. The number of esters is 1. The number of carbonyl (C=O) groups is 3. The fourth-order valence-corrected chi connectivity index (χ4v) is 2.56. The van der Waals surface area contributed by atoms with E-state index in [1.165, 1.54) is 6.08 Å². The van der Waals surface area contributed by atoms with E-state index in [1.54, 1.807) is 56.3 Å². The summed E-state index contributed by atoms with van der Waals surface area (Å²) in [5, 5.41) is 3.24. The second-order valence-corrected chi connectivity index (χ2v) is 7.25. The van der Waals surface area contributed by atoms with Crippen LogP contribution in [-0.4, -0.2) is 24.1 Å². The monoisotopic (exact) mass is 417 g/mol. The van der Waals surface area contributed by atoms with Crippen LogP contribution < -0.4 is 10.1 Å². The van der Waals surface area contributed by atoms with Crippen LogP contribution >= 0.6 is 0 Å². The molecule has 0 aliphatic carbocycles. The molecule has 0 aliphatic rings. The number of anilines is 1. The Hall–Kier alpha value is -3.73. The Morgan fingerprint density at radius 1 is 0.935 bits per heavy atom. The van der Waals surface area contributed by atoms with E-state index in [9.17, 15) is 14.4 Å². The average Bonchev–Trinajstić information content (AvgIpc) is 2.76. The van der Waals surface area contributed by atoms with Crippen molar-refractivity contribution in [1.82, 2.24) is 0 Å². The van der Waals surface area contributed by atoms with Gasteiger partial charge in [-0.25, -0.2) is 4.79 Å². The van der Waals surface area contributed by atoms with Crippen LogP contribution in [0.15, 0.2) is 78.9 Å². The van der Waals surface area contributed by atoms with Crippen LogP contribution in [0.2, 0.25) is 0 Å². The summed E-state index contributed by atoms with van der Waals surface area (Å²) in [6, 6.07) is 14.0. The molecule has 0 saturated carbocycles. The molecule has 31 heavy (non-hydrogen) atoms. The molecule has 0 amide bonds. The van der Waals surface area contributed by atoms with E-state index in [0.717, 1.165) is 17.7 Å². The zero-order valence-corrected chi connectivity index (χ0v) is 17.9. The molecule has 2 rings (SSSR count).